The molecule has 1 aromatic heterocycles. The van der Waals surface area contributed by atoms with E-state index in [1.54, 1.807) is 24.5 Å². The Kier molecular flexibility index (Phi) is 4.60. The van der Waals surface area contributed by atoms with Crippen LogP contribution in [0.15, 0.2) is 48.8 Å². The predicted molar refractivity (Wildman–Crippen MR) is 77.6 cm³/mol. The van der Waals surface area contributed by atoms with Crippen LogP contribution >= 0.6 is 0 Å². The number of ketones is 1. The van der Waals surface area contributed by atoms with E-state index < -0.39 is 0 Å². The van der Waals surface area contributed by atoms with Gasteiger partial charge in [-0.15, -0.1) is 0 Å². The summed E-state index contributed by atoms with van der Waals surface area (Å²) < 4.78 is 0. The number of benzene rings is 1. The van der Waals surface area contributed by atoms with Crippen LogP contribution in [0.5, 0.6) is 0 Å². The molecule has 1 aromatic carbocycles. The maximum Gasteiger partial charge on any atom is 0.221 e. The van der Waals surface area contributed by atoms with Gasteiger partial charge in [-0.05, 0) is 36.2 Å². The number of pyridine rings is 1. The molecule has 1 amide bonds. The Morgan fingerprint density at radius 2 is 1.90 bits per heavy atom. The topological polar surface area (TPSA) is 59.1 Å². The molecule has 102 valence electrons. The standard InChI is InChI=1S/C16H16N2O2/c1-12(19)18-15-7-4-13(5-8-15)6-9-16(20)14-3-2-10-17-11-14/h2-5,7-8,10-11H,6,9H2,1H3,(H,18,19). The lowest BCUT2D eigenvalue weighted by molar-refractivity contribution is -0.114. The highest BCUT2D eigenvalue weighted by atomic mass is 16.1. The zero-order valence-corrected chi connectivity index (χ0v) is 11.3. The largest absolute Gasteiger partial charge is 0.326 e. The fourth-order valence-corrected chi connectivity index (χ4v) is 1.89. The number of nitrogens with zero attached hydrogens (tertiary/aromatic N) is 1. The minimum atomic E-state index is -0.0931. The van der Waals surface area contributed by atoms with Gasteiger partial charge in [-0.3, -0.25) is 14.6 Å². The number of aryl methyl sites for hydroxylation is 1. The summed E-state index contributed by atoms with van der Waals surface area (Å²) in [7, 11) is 0. The van der Waals surface area contributed by atoms with E-state index in [1.807, 2.05) is 24.3 Å². The molecule has 0 unspecified atom stereocenters. The average Bonchev–Trinajstić information content (AvgIpc) is 2.46. The lowest BCUT2D eigenvalue weighted by Gasteiger charge is -2.04. The van der Waals surface area contributed by atoms with Gasteiger partial charge in [0.2, 0.25) is 5.91 Å². The molecule has 4 heteroatoms. The molecule has 1 heterocycles. The molecule has 0 saturated heterocycles. The van der Waals surface area contributed by atoms with Crippen molar-refractivity contribution < 1.29 is 9.59 Å². The van der Waals surface area contributed by atoms with Gasteiger partial charge in [0.15, 0.2) is 5.78 Å². The smallest absolute Gasteiger partial charge is 0.221 e. The Morgan fingerprint density at radius 3 is 2.50 bits per heavy atom. The van der Waals surface area contributed by atoms with Crippen molar-refractivity contribution in [2.75, 3.05) is 5.32 Å². The third-order valence-corrected chi connectivity index (χ3v) is 2.90. The van der Waals surface area contributed by atoms with Crippen molar-refractivity contribution in [1.29, 1.82) is 0 Å². The van der Waals surface area contributed by atoms with E-state index in [-0.39, 0.29) is 11.7 Å². The highest BCUT2D eigenvalue weighted by Crippen LogP contribution is 2.12. The number of anilines is 1. The first-order valence-corrected chi connectivity index (χ1v) is 6.45. The number of Topliss-reactive ketones (excluding diaryl/α,β-unsaturated/α-hetero) is 1. The highest BCUT2D eigenvalue weighted by molar-refractivity contribution is 5.95. The second-order valence-electron chi connectivity index (χ2n) is 4.54. The third-order valence-electron chi connectivity index (χ3n) is 2.90. The Morgan fingerprint density at radius 1 is 1.15 bits per heavy atom. The number of rotatable bonds is 5. The Hall–Kier alpha value is -2.49. The Bertz CT molecular complexity index is 592. The second-order valence-corrected chi connectivity index (χ2v) is 4.54. The van der Waals surface area contributed by atoms with Gasteiger partial charge in [0.05, 0.1) is 0 Å². The zero-order chi connectivity index (χ0) is 14.4. The molecule has 0 aliphatic heterocycles. The summed E-state index contributed by atoms with van der Waals surface area (Å²) in [6.45, 7) is 1.47. The van der Waals surface area contributed by atoms with Crippen LogP contribution in [0.25, 0.3) is 0 Å². The second kappa shape index (κ2) is 6.61. The Balaban J connectivity index is 1.91. The molecule has 0 saturated carbocycles. The number of carbonyl (C=O) groups is 2. The molecule has 0 bridgehead atoms. The SMILES string of the molecule is CC(=O)Nc1ccc(CCC(=O)c2cccnc2)cc1. The van der Waals surface area contributed by atoms with Gasteiger partial charge in [0, 0.05) is 37.0 Å². The van der Waals surface area contributed by atoms with E-state index in [2.05, 4.69) is 10.3 Å². The number of aromatic nitrogens is 1. The van der Waals surface area contributed by atoms with Gasteiger partial charge >= 0.3 is 0 Å². The van der Waals surface area contributed by atoms with E-state index in [0.29, 0.717) is 18.4 Å². The van der Waals surface area contributed by atoms with Gasteiger partial charge in [-0.25, -0.2) is 0 Å². The molecule has 0 fully saturated rings. The molecule has 0 aliphatic carbocycles. The maximum absolute atomic E-state index is 11.9. The summed E-state index contributed by atoms with van der Waals surface area (Å²) in [5, 5.41) is 2.71. The van der Waals surface area contributed by atoms with Crippen LogP contribution in [0, 0.1) is 0 Å². The highest BCUT2D eigenvalue weighted by Gasteiger charge is 2.06. The van der Waals surface area contributed by atoms with E-state index in [0.717, 1.165) is 11.3 Å². The number of hydrogen-bond acceptors (Lipinski definition) is 3. The number of nitrogens with one attached hydrogen (secondary N) is 1. The predicted octanol–water partition coefficient (Wildman–Crippen LogP) is 2.86. The van der Waals surface area contributed by atoms with Crippen molar-refractivity contribution in [2.24, 2.45) is 0 Å². The van der Waals surface area contributed by atoms with Crippen molar-refractivity contribution in [3.05, 3.63) is 59.9 Å². The van der Waals surface area contributed by atoms with Crippen molar-refractivity contribution in [2.45, 2.75) is 19.8 Å². The molecule has 20 heavy (non-hydrogen) atoms. The molecule has 2 aromatic rings. The Labute approximate surface area is 117 Å². The number of amides is 1. The van der Waals surface area contributed by atoms with E-state index in [9.17, 15) is 9.59 Å². The van der Waals surface area contributed by atoms with Crippen LogP contribution in [0.2, 0.25) is 0 Å². The van der Waals surface area contributed by atoms with E-state index in [4.69, 9.17) is 0 Å². The zero-order valence-electron chi connectivity index (χ0n) is 11.3. The lowest BCUT2D eigenvalue weighted by Crippen LogP contribution is -2.05. The summed E-state index contributed by atoms with van der Waals surface area (Å²) >= 11 is 0. The normalized spacial score (nSPS) is 10.1. The molecule has 1 N–H and O–H groups in total. The van der Waals surface area contributed by atoms with Crippen LogP contribution in [0.4, 0.5) is 5.69 Å². The number of hydrogen-bond donors (Lipinski definition) is 1. The lowest BCUT2D eigenvalue weighted by atomic mass is 10.0. The summed E-state index contributed by atoms with van der Waals surface area (Å²) in [5.41, 5.74) is 2.47. The third kappa shape index (κ3) is 4.02. The van der Waals surface area contributed by atoms with Gasteiger partial charge in [0.1, 0.15) is 0 Å². The molecule has 0 aliphatic rings. The monoisotopic (exact) mass is 268 g/mol. The van der Waals surface area contributed by atoms with Crippen LogP contribution in [-0.2, 0) is 11.2 Å². The van der Waals surface area contributed by atoms with Crippen molar-refractivity contribution in [3.63, 3.8) is 0 Å². The van der Waals surface area contributed by atoms with Crippen LogP contribution in [0.1, 0.15) is 29.3 Å². The fraction of sp³-hybridized carbons (Fsp3) is 0.188. The summed E-state index contributed by atoms with van der Waals surface area (Å²) in [6, 6.07) is 11.0. The van der Waals surface area contributed by atoms with Gasteiger partial charge < -0.3 is 5.32 Å². The minimum Gasteiger partial charge on any atom is -0.326 e. The summed E-state index contributed by atoms with van der Waals surface area (Å²) in [5.74, 6) is -0.00598. The molecular weight excluding hydrogens is 252 g/mol. The van der Waals surface area contributed by atoms with E-state index >= 15 is 0 Å². The van der Waals surface area contributed by atoms with E-state index in [1.165, 1.54) is 6.92 Å². The molecule has 0 spiro atoms. The minimum absolute atomic E-state index is 0.0871. The van der Waals surface area contributed by atoms with Crippen LogP contribution < -0.4 is 5.32 Å². The van der Waals surface area contributed by atoms with Crippen LogP contribution in [-0.4, -0.2) is 16.7 Å². The molecule has 0 radical (unpaired) electrons. The van der Waals surface area contributed by atoms with Gasteiger partial charge in [0.25, 0.3) is 0 Å². The molecule has 2 rings (SSSR count). The molecular formula is C16H16N2O2. The quantitative estimate of drug-likeness (QED) is 0.848. The summed E-state index contributed by atoms with van der Waals surface area (Å²) in [4.78, 5) is 26.8. The number of carbonyl (C=O) groups excluding carboxylic acids is 2. The average molecular weight is 268 g/mol. The first-order valence-electron chi connectivity index (χ1n) is 6.45. The first-order chi connectivity index (χ1) is 9.65. The molecule has 4 nitrogen and oxygen atoms in total. The molecule has 0 atom stereocenters. The van der Waals surface area contributed by atoms with Crippen LogP contribution in [0.3, 0.4) is 0 Å². The first kappa shape index (κ1) is 13.9. The van der Waals surface area contributed by atoms with Crippen molar-refractivity contribution in [3.8, 4) is 0 Å². The fourth-order valence-electron chi connectivity index (χ4n) is 1.89. The van der Waals surface area contributed by atoms with Gasteiger partial charge in [-0.1, -0.05) is 12.1 Å². The van der Waals surface area contributed by atoms with Gasteiger partial charge in [-0.2, -0.15) is 0 Å². The van der Waals surface area contributed by atoms with Crippen molar-refractivity contribution >= 4 is 17.4 Å². The van der Waals surface area contributed by atoms with Crippen molar-refractivity contribution in [1.82, 2.24) is 4.98 Å². The summed E-state index contributed by atoms with van der Waals surface area (Å²) in [6.07, 6.45) is 4.36. The maximum atomic E-state index is 11.9.